The third-order valence-corrected chi connectivity index (χ3v) is 3.98. The maximum absolute atomic E-state index is 12.5. The van der Waals surface area contributed by atoms with Crippen molar-refractivity contribution in [2.24, 2.45) is 7.05 Å². The highest BCUT2D eigenvalue weighted by molar-refractivity contribution is 9.10. The molecule has 3 nitrogen and oxygen atoms in total. The highest BCUT2D eigenvalue weighted by atomic mass is 79.9. The average Bonchev–Trinajstić information content (AvgIpc) is 2.70. The van der Waals surface area contributed by atoms with Crippen LogP contribution in [-0.2, 0) is 26.3 Å². The molecule has 0 saturated carbocycles. The van der Waals surface area contributed by atoms with Gasteiger partial charge in [-0.1, -0.05) is 6.92 Å². The molecular formula is C14H14BrF3N2O. The van der Waals surface area contributed by atoms with Gasteiger partial charge in [-0.25, -0.2) is 0 Å². The van der Waals surface area contributed by atoms with E-state index < -0.39 is 11.7 Å². The molecular weight excluding hydrogens is 349 g/mol. The molecule has 0 aliphatic rings. The van der Waals surface area contributed by atoms with E-state index in [9.17, 15) is 13.2 Å². The second-order valence-electron chi connectivity index (χ2n) is 4.50. The van der Waals surface area contributed by atoms with Crippen molar-refractivity contribution >= 4 is 15.9 Å². The molecule has 2 aromatic rings. The topological polar surface area (TPSA) is 27.1 Å². The van der Waals surface area contributed by atoms with E-state index in [-0.39, 0.29) is 6.61 Å². The zero-order valence-electron chi connectivity index (χ0n) is 11.5. The Morgan fingerprint density at radius 2 is 1.86 bits per heavy atom. The van der Waals surface area contributed by atoms with Gasteiger partial charge in [-0.05, 0) is 46.6 Å². The number of hydrogen-bond donors (Lipinski definition) is 0. The number of halogens is 4. The highest BCUT2D eigenvalue weighted by Crippen LogP contribution is 2.30. The van der Waals surface area contributed by atoms with Gasteiger partial charge in [-0.15, -0.1) is 0 Å². The van der Waals surface area contributed by atoms with Gasteiger partial charge < -0.3 is 4.74 Å². The Kier molecular flexibility index (Phi) is 4.61. The van der Waals surface area contributed by atoms with Gasteiger partial charge in [0.25, 0.3) is 0 Å². The summed E-state index contributed by atoms with van der Waals surface area (Å²) in [4.78, 5) is 0. The molecule has 0 fully saturated rings. The number of ether oxygens (including phenoxy) is 1. The van der Waals surface area contributed by atoms with Crippen LogP contribution in [0.4, 0.5) is 13.2 Å². The lowest BCUT2D eigenvalue weighted by Crippen LogP contribution is -2.05. The Bertz CT molecular complexity index is 620. The summed E-state index contributed by atoms with van der Waals surface area (Å²) in [7, 11) is 1.80. The zero-order valence-corrected chi connectivity index (χ0v) is 13.1. The van der Waals surface area contributed by atoms with E-state index >= 15 is 0 Å². The summed E-state index contributed by atoms with van der Waals surface area (Å²) in [5, 5.41) is 4.33. The summed E-state index contributed by atoms with van der Waals surface area (Å²) >= 11 is 3.46. The van der Waals surface area contributed by atoms with Crippen molar-refractivity contribution in [2.45, 2.75) is 26.1 Å². The van der Waals surface area contributed by atoms with Crippen molar-refractivity contribution in [3.05, 3.63) is 45.7 Å². The second-order valence-corrected chi connectivity index (χ2v) is 5.29. The van der Waals surface area contributed by atoms with Crippen LogP contribution in [0.1, 0.15) is 23.9 Å². The number of nitrogens with zero attached hydrogens (tertiary/aromatic N) is 2. The average molecular weight is 363 g/mol. The first-order valence-corrected chi connectivity index (χ1v) is 7.12. The molecule has 21 heavy (non-hydrogen) atoms. The fourth-order valence-corrected chi connectivity index (χ4v) is 2.60. The predicted octanol–water partition coefficient (Wildman–Crippen LogP) is 4.34. The van der Waals surface area contributed by atoms with Crippen molar-refractivity contribution < 1.29 is 17.9 Å². The van der Waals surface area contributed by atoms with Gasteiger partial charge in [0.1, 0.15) is 12.4 Å². The van der Waals surface area contributed by atoms with Gasteiger partial charge >= 0.3 is 6.18 Å². The van der Waals surface area contributed by atoms with Crippen molar-refractivity contribution in [2.75, 3.05) is 0 Å². The van der Waals surface area contributed by atoms with Crippen LogP contribution in [0.2, 0.25) is 0 Å². The minimum absolute atomic E-state index is 0.232. The van der Waals surface area contributed by atoms with E-state index in [0.717, 1.165) is 34.4 Å². The fraction of sp³-hybridized carbons (Fsp3) is 0.357. The fourth-order valence-electron chi connectivity index (χ4n) is 1.87. The molecule has 0 bridgehead atoms. The number of hydrogen-bond acceptors (Lipinski definition) is 2. The second kappa shape index (κ2) is 6.09. The van der Waals surface area contributed by atoms with Gasteiger partial charge in [-0.2, -0.15) is 18.3 Å². The summed E-state index contributed by atoms with van der Waals surface area (Å²) in [6.45, 7) is 2.23. The van der Waals surface area contributed by atoms with Crippen LogP contribution in [0.3, 0.4) is 0 Å². The van der Waals surface area contributed by atoms with Crippen LogP contribution >= 0.6 is 15.9 Å². The lowest BCUT2D eigenvalue weighted by Gasteiger charge is -2.09. The van der Waals surface area contributed by atoms with Crippen LogP contribution in [-0.4, -0.2) is 9.78 Å². The maximum atomic E-state index is 12.5. The number of alkyl halides is 3. The van der Waals surface area contributed by atoms with Crippen LogP contribution in [0.25, 0.3) is 0 Å². The number of aromatic nitrogens is 2. The van der Waals surface area contributed by atoms with E-state index in [1.807, 2.05) is 6.92 Å². The first kappa shape index (κ1) is 15.9. The summed E-state index contributed by atoms with van der Waals surface area (Å²) in [5.41, 5.74) is 1.07. The van der Waals surface area contributed by atoms with E-state index in [2.05, 4.69) is 21.0 Å². The largest absolute Gasteiger partial charge is 0.487 e. The summed E-state index contributed by atoms with van der Waals surface area (Å²) in [6.07, 6.45) is -3.55. The molecule has 0 aliphatic heterocycles. The molecule has 2 rings (SSSR count). The number of rotatable bonds is 4. The minimum atomic E-state index is -4.33. The molecule has 1 aromatic carbocycles. The minimum Gasteiger partial charge on any atom is -0.487 e. The Morgan fingerprint density at radius 1 is 1.24 bits per heavy atom. The zero-order chi connectivity index (χ0) is 15.6. The van der Waals surface area contributed by atoms with Gasteiger partial charge in [0.05, 0.1) is 21.4 Å². The van der Waals surface area contributed by atoms with Crippen molar-refractivity contribution in [1.29, 1.82) is 0 Å². The first-order valence-electron chi connectivity index (χ1n) is 6.33. The van der Waals surface area contributed by atoms with Gasteiger partial charge in [-0.3, -0.25) is 4.68 Å². The van der Waals surface area contributed by atoms with E-state index in [0.29, 0.717) is 5.75 Å². The number of aryl methyl sites for hydroxylation is 2. The normalized spacial score (nSPS) is 11.7. The van der Waals surface area contributed by atoms with Crippen molar-refractivity contribution in [1.82, 2.24) is 9.78 Å². The van der Waals surface area contributed by atoms with E-state index in [1.165, 1.54) is 12.1 Å². The first-order chi connectivity index (χ1) is 9.82. The van der Waals surface area contributed by atoms with Gasteiger partial charge in [0.15, 0.2) is 0 Å². The molecule has 0 N–H and O–H groups in total. The van der Waals surface area contributed by atoms with E-state index in [1.54, 1.807) is 11.7 Å². The van der Waals surface area contributed by atoms with Crippen LogP contribution < -0.4 is 4.74 Å². The molecule has 7 heteroatoms. The van der Waals surface area contributed by atoms with E-state index in [4.69, 9.17) is 4.74 Å². The smallest absolute Gasteiger partial charge is 0.416 e. The van der Waals surface area contributed by atoms with Crippen LogP contribution in [0, 0.1) is 0 Å². The standard InChI is InChI=1S/C14H14BrF3N2O/c1-3-11-13(15)12(20(2)19-11)8-21-10-6-4-9(5-7-10)14(16,17)18/h4-7H,3,8H2,1-2H3. The molecule has 114 valence electrons. The Hall–Kier alpha value is -1.50. The highest BCUT2D eigenvalue weighted by Gasteiger charge is 2.30. The lowest BCUT2D eigenvalue weighted by molar-refractivity contribution is -0.137. The molecule has 0 amide bonds. The van der Waals surface area contributed by atoms with Gasteiger partial charge in [0, 0.05) is 7.05 Å². The Morgan fingerprint density at radius 3 is 2.33 bits per heavy atom. The SMILES string of the molecule is CCc1nn(C)c(COc2ccc(C(F)(F)F)cc2)c1Br. The Balaban J connectivity index is 2.08. The third kappa shape index (κ3) is 3.58. The molecule has 0 saturated heterocycles. The number of benzene rings is 1. The lowest BCUT2D eigenvalue weighted by atomic mass is 10.2. The quantitative estimate of drug-likeness (QED) is 0.808. The molecule has 1 aromatic heterocycles. The van der Waals surface area contributed by atoms with Gasteiger partial charge in [0.2, 0.25) is 0 Å². The molecule has 0 radical (unpaired) electrons. The van der Waals surface area contributed by atoms with Crippen LogP contribution in [0.15, 0.2) is 28.7 Å². The summed E-state index contributed by atoms with van der Waals surface area (Å²) in [5.74, 6) is 0.383. The maximum Gasteiger partial charge on any atom is 0.416 e. The predicted molar refractivity (Wildman–Crippen MR) is 76.1 cm³/mol. The molecule has 0 unspecified atom stereocenters. The Labute approximate surface area is 128 Å². The molecule has 0 atom stereocenters. The summed E-state index contributed by atoms with van der Waals surface area (Å²) in [6, 6.07) is 4.64. The molecule has 0 aliphatic carbocycles. The molecule has 1 heterocycles. The summed E-state index contributed by atoms with van der Waals surface area (Å²) < 4.78 is 45.5. The van der Waals surface area contributed by atoms with Crippen molar-refractivity contribution in [3.8, 4) is 5.75 Å². The van der Waals surface area contributed by atoms with Crippen molar-refractivity contribution in [3.63, 3.8) is 0 Å². The molecule has 0 spiro atoms. The monoisotopic (exact) mass is 362 g/mol. The third-order valence-electron chi connectivity index (χ3n) is 3.06. The van der Waals surface area contributed by atoms with Crippen LogP contribution in [0.5, 0.6) is 5.75 Å².